The fourth-order valence-electron chi connectivity index (χ4n) is 2.89. The topological polar surface area (TPSA) is 73.9 Å². The van der Waals surface area contributed by atoms with E-state index in [9.17, 15) is 9.59 Å². The molecule has 152 valence electrons. The van der Waals surface area contributed by atoms with Gasteiger partial charge in [-0.05, 0) is 49.1 Å². The number of carbonyl (C=O) groups excluding carboxylic acids is 2. The van der Waals surface area contributed by atoms with Crippen molar-refractivity contribution in [2.75, 3.05) is 12.4 Å². The number of hydrogen-bond donors (Lipinski definition) is 1. The molecule has 1 aliphatic rings. The van der Waals surface area contributed by atoms with E-state index in [1.165, 1.54) is 26.5 Å². The van der Waals surface area contributed by atoms with E-state index in [0.29, 0.717) is 29.8 Å². The van der Waals surface area contributed by atoms with E-state index in [1.807, 2.05) is 24.3 Å². The van der Waals surface area contributed by atoms with Crippen LogP contribution in [0, 0.1) is 0 Å². The Hall–Kier alpha value is -3.12. The zero-order chi connectivity index (χ0) is 20.6. The van der Waals surface area contributed by atoms with Crippen LogP contribution in [0.25, 0.3) is 6.08 Å². The summed E-state index contributed by atoms with van der Waals surface area (Å²) in [5.74, 6) is 0.0529. The summed E-state index contributed by atoms with van der Waals surface area (Å²) >= 11 is 0. The third-order valence-electron chi connectivity index (χ3n) is 4.67. The monoisotopic (exact) mass is 395 g/mol. The molecule has 3 rings (SSSR count). The van der Waals surface area contributed by atoms with Crippen molar-refractivity contribution in [1.82, 2.24) is 0 Å². The predicted octanol–water partition coefficient (Wildman–Crippen LogP) is 4.34. The van der Waals surface area contributed by atoms with Crippen LogP contribution >= 0.6 is 0 Å². The number of rotatable bonds is 8. The van der Waals surface area contributed by atoms with Gasteiger partial charge in [-0.2, -0.15) is 0 Å². The minimum Gasteiger partial charge on any atom is -0.493 e. The Morgan fingerprint density at radius 3 is 2.62 bits per heavy atom. The molecule has 0 aliphatic heterocycles. The van der Waals surface area contributed by atoms with Gasteiger partial charge in [0.15, 0.2) is 11.5 Å². The molecule has 0 aromatic heterocycles. The Balaban J connectivity index is 1.64. The molecule has 0 spiro atoms. The lowest BCUT2D eigenvalue weighted by atomic mass is 9.96. The second-order valence-corrected chi connectivity index (χ2v) is 6.85. The molecule has 0 atom stereocenters. The highest BCUT2D eigenvalue weighted by atomic mass is 16.6. The molecule has 6 heteroatoms. The number of ether oxygens (including phenoxy) is 3. The van der Waals surface area contributed by atoms with E-state index >= 15 is 0 Å². The minimum atomic E-state index is -0.442. The largest absolute Gasteiger partial charge is 0.493 e. The summed E-state index contributed by atoms with van der Waals surface area (Å²) in [4.78, 5) is 23.6. The molecule has 2 aromatic carbocycles. The second kappa shape index (κ2) is 9.89. The van der Waals surface area contributed by atoms with Crippen molar-refractivity contribution in [3.63, 3.8) is 0 Å². The Morgan fingerprint density at radius 1 is 1.14 bits per heavy atom. The van der Waals surface area contributed by atoms with Gasteiger partial charge < -0.3 is 19.5 Å². The number of hydrogen-bond acceptors (Lipinski definition) is 5. The van der Waals surface area contributed by atoms with Gasteiger partial charge in [-0.25, -0.2) is 0 Å². The van der Waals surface area contributed by atoms with Crippen LogP contribution in [0.2, 0.25) is 0 Å². The SMILES string of the molecule is COc1ccc(/C=C/C(=O)Nc2ccccc2COC2CCC2)cc1OC(C)=O. The first-order chi connectivity index (χ1) is 14.0. The number of amides is 1. The summed E-state index contributed by atoms with van der Waals surface area (Å²) in [7, 11) is 1.50. The van der Waals surface area contributed by atoms with E-state index in [-0.39, 0.29) is 5.91 Å². The van der Waals surface area contributed by atoms with E-state index in [4.69, 9.17) is 14.2 Å². The minimum absolute atomic E-state index is 0.258. The lowest BCUT2D eigenvalue weighted by molar-refractivity contribution is -0.132. The van der Waals surface area contributed by atoms with E-state index < -0.39 is 5.97 Å². The third-order valence-corrected chi connectivity index (χ3v) is 4.67. The highest BCUT2D eigenvalue weighted by Gasteiger charge is 2.18. The molecule has 0 unspecified atom stereocenters. The van der Waals surface area contributed by atoms with Crippen molar-refractivity contribution < 1.29 is 23.8 Å². The van der Waals surface area contributed by atoms with E-state index in [1.54, 1.807) is 24.3 Å². The number of carbonyl (C=O) groups is 2. The zero-order valence-corrected chi connectivity index (χ0v) is 16.6. The molecular formula is C23H25NO5. The van der Waals surface area contributed by atoms with Crippen molar-refractivity contribution in [1.29, 1.82) is 0 Å². The van der Waals surface area contributed by atoms with Gasteiger partial charge in [0.1, 0.15) is 0 Å². The number of anilines is 1. The summed E-state index contributed by atoms with van der Waals surface area (Å²) in [5, 5.41) is 2.89. The van der Waals surface area contributed by atoms with Crippen LogP contribution in [0.4, 0.5) is 5.69 Å². The maximum atomic E-state index is 12.4. The van der Waals surface area contributed by atoms with Gasteiger partial charge in [0.25, 0.3) is 0 Å². The molecule has 2 aromatic rings. The molecule has 1 saturated carbocycles. The average Bonchev–Trinajstić information content (AvgIpc) is 2.66. The summed E-state index contributed by atoms with van der Waals surface area (Å²) in [6, 6.07) is 12.7. The molecule has 0 saturated heterocycles. The normalized spacial score (nSPS) is 13.7. The molecule has 1 N–H and O–H groups in total. The smallest absolute Gasteiger partial charge is 0.308 e. The number of para-hydroxylation sites is 1. The van der Waals surface area contributed by atoms with Crippen LogP contribution in [-0.2, 0) is 20.9 Å². The Morgan fingerprint density at radius 2 is 1.93 bits per heavy atom. The fraction of sp³-hybridized carbons (Fsp3) is 0.304. The standard InChI is InChI=1S/C23H25NO5/c1-16(25)29-22-14-17(10-12-21(22)27-2)11-13-23(26)24-20-9-4-3-6-18(20)15-28-19-7-5-8-19/h3-4,6,9-14,19H,5,7-8,15H2,1-2H3,(H,24,26)/b13-11+. The zero-order valence-electron chi connectivity index (χ0n) is 16.6. The van der Waals surface area contributed by atoms with Gasteiger partial charge in [0.2, 0.25) is 5.91 Å². The third kappa shape index (κ3) is 5.93. The molecule has 29 heavy (non-hydrogen) atoms. The van der Waals surface area contributed by atoms with Gasteiger partial charge in [-0.3, -0.25) is 9.59 Å². The van der Waals surface area contributed by atoms with Crippen LogP contribution in [0.5, 0.6) is 11.5 Å². The Bertz CT molecular complexity index is 902. The van der Waals surface area contributed by atoms with E-state index in [2.05, 4.69) is 5.32 Å². The van der Waals surface area contributed by atoms with Crippen molar-refractivity contribution in [2.45, 2.75) is 38.9 Å². The first-order valence-corrected chi connectivity index (χ1v) is 9.60. The van der Waals surface area contributed by atoms with Gasteiger partial charge in [-0.1, -0.05) is 24.3 Å². The van der Waals surface area contributed by atoms with Crippen LogP contribution in [0.3, 0.4) is 0 Å². The van der Waals surface area contributed by atoms with Gasteiger partial charge in [-0.15, -0.1) is 0 Å². The second-order valence-electron chi connectivity index (χ2n) is 6.85. The first kappa shape index (κ1) is 20.6. The van der Waals surface area contributed by atoms with Crippen molar-refractivity contribution >= 4 is 23.6 Å². The van der Waals surface area contributed by atoms with Gasteiger partial charge in [0.05, 0.1) is 19.8 Å². The lowest BCUT2D eigenvalue weighted by Gasteiger charge is -2.26. The first-order valence-electron chi connectivity index (χ1n) is 9.60. The van der Waals surface area contributed by atoms with Crippen LogP contribution in [0.1, 0.15) is 37.3 Å². The summed E-state index contributed by atoms with van der Waals surface area (Å²) in [6.07, 6.45) is 6.85. The molecule has 0 heterocycles. The Kier molecular flexibility index (Phi) is 7.03. The van der Waals surface area contributed by atoms with Crippen molar-refractivity contribution in [3.8, 4) is 11.5 Å². The van der Waals surface area contributed by atoms with Crippen LogP contribution in [0.15, 0.2) is 48.5 Å². The molecule has 6 nitrogen and oxygen atoms in total. The molecule has 0 bridgehead atoms. The predicted molar refractivity (Wildman–Crippen MR) is 111 cm³/mol. The van der Waals surface area contributed by atoms with Gasteiger partial charge in [0, 0.05) is 24.3 Å². The average molecular weight is 395 g/mol. The maximum absolute atomic E-state index is 12.4. The fourth-order valence-corrected chi connectivity index (χ4v) is 2.89. The van der Waals surface area contributed by atoms with Crippen LogP contribution < -0.4 is 14.8 Å². The molecule has 1 amide bonds. The van der Waals surface area contributed by atoms with Crippen molar-refractivity contribution in [3.05, 3.63) is 59.7 Å². The Labute approximate surface area is 170 Å². The molecule has 1 aliphatic carbocycles. The summed E-state index contributed by atoms with van der Waals surface area (Å²) in [6.45, 7) is 1.80. The number of methoxy groups -OCH3 is 1. The summed E-state index contributed by atoms with van der Waals surface area (Å²) in [5.41, 5.74) is 2.39. The number of esters is 1. The maximum Gasteiger partial charge on any atom is 0.308 e. The molecule has 0 radical (unpaired) electrons. The highest BCUT2D eigenvalue weighted by Crippen LogP contribution is 2.29. The van der Waals surface area contributed by atoms with Crippen LogP contribution in [-0.4, -0.2) is 25.1 Å². The molecule has 1 fully saturated rings. The quantitative estimate of drug-likeness (QED) is 0.409. The van der Waals surface area contributed by atoms with Gasteiger partial charge >= 0.3 is 5.97 Å². The lowest BCUT2D eigenvalue weighted by Crippen LogP contribution is -2.21. The van der Waals surface area contributed by atoms with Crippen molar-refractivity contribution in [2.24, 2.45) is 0 Å². The number of benzene rings is 2. The number of nitrogens with one attached hydrogen (secondary N) is 1. The van der Waals surface area contributed by atoms with E-state index in [0.717, 1.165) is 24.1 Å². The summed E-state index contributed by atoms with van der Waals surface area (Å²) < 4.78 is 16.2. The highest BCUT2D eigenvalue weighted by molar-refractivity contribution is 6.02. The molecular weight excluding hydrogens is 370 g/mol.